The second kappa shape index (κ2) is 8.75. The Morgan fingerprint density at radius 1 is 0.852 bits per heavy atom. The van der Waals surface area contributed by atoms with E-state index < -0.39 is 0 Å². The van der Waals surface area contributed by atoms with Crippen molar-refractivity contribution in [1.82, 2.24) is 9.97 Å². The lowest BCUT2D eigenvalue weighted by molar-refractivity contribution is 0.405. The van der Waals surface area contributed by atoms with Crippen LogP contribution < -0.4 is 24.8 Å². The van der Waals surface area contributed by atoms with Crippen molar-refractivity contribution in [3.63, 3.8) is 0 Å². The number of nitrogens with one attached hydrogen (secondary N) is 2. The molecule has 0 saturated heterocycles. The largest absolute Gasteiger partial charge is 0.497 e. The summed E-state index contributed by atoms with van der Waals surface area (Å²) in [4.78, 5) is 8.76. The molecule has 0 fully saturated rings. The van der Waals surface area contributed by atoms with Crippen LogP contribution in [0.4, 0.5) is 17.5 Å². The summed E-state index contributed by atoms with van der Waals surface area (Å²) in [5.74, 6) is 3.42. The molecule has 7 nitrogen and oxygen atoms in total. The fraction of sp³-hybridized carbons (Fsp3) is 0.200. The molecular weight excluding hydrogens is 344 g/mol. The normalized spacial score (nSPS) is 10.2. The Hall–Kier alpha value is -3.48. The molecule has 0 radical (unpaired) electrons. The highest BCUT2D eigenvalue weighted by Gasteiger charge is 2.07. The van der Waals surface area contributed by atoms with Crippen LogP contribution >= 0.6 is 0 Å². The van der Waals surface area contributed by atoms with Crippen molar-refractivity contribution >= 4 is 17.5 Å². The molecule has 0 aliphatic carbocycles. The number of methoxy groups -OCH3 is 3. The first-order valence-electron chi connectivity index (χ1n) is 8.40. The number of anilines is 3. The Kier molecular flexibility index (Phi) is 5.94. The van der Waals surface area contributed by atoms with E-state index in [4.69, 9.17) is 14.2 Å². The van der Waals surface area contributed by atoms with E-state index in [1.54, 1.807) is 33.6 Å². The molecule has 0 amide bonds. The van der Waals surface area contributed by atoms with Gasteiger partial charge in [-0.15, -0.1) is 0 Å². The van der Waals surface area contributed by atoms with Crippen LogP contribution in [-0.2, 0) is 6.54 Å². The van der Waals surface area contributed by atoms with Crippen molar-refractivity contribution in [3.05, 3.63) is 60.3 Å². The van der Waals surface area contributed by atoms with Gasteiger partial charge in [0.05, 0.1) is 27.0 Å². The number of benzene rings is 2. The van der Waals surface area contributed by atoms with E-state index in [0.29, 0.717) is 24.1 Å². The first-order valence-corrected chi connectivity index (χ1v) is 8.40. The van der Waals surface area contributed by atoms with Gasteiger partial charge in [-0.2, -0.15) is 4.98 Å². The summed E-state index contributed by atoms with van der Waals surface area (Å²) in [5, 5.41) is 6.46. The average molecular weight is 366 g/mol. The molecule has 0 spiro atoms. The zero-order valence-corrected chi connectivity index (χ0v) is 15.5. The fourth-order valence-electron chi connectivity index (χ4n) is 2.49. The Bertz CT molecular complexity index is 885. The lowest BCUT2D eigenvalue weighted by Crippen LogP contribution is -2.05. The van der Waals surface area contributed by atoms with E-state index in [-0.39, 0.29) is 0 Å². The lowest BCUT2D eigenvalue weighted by atomic mass is 10.2. The maximum absolute atomic E-state index is 5.38. The summed E-state index contributed by atoms with van der Waals surface area (Å²) in [6.45, 7) is 0.607. The number of hydrogen-bond acceptors (Lipinski definition) is 7. The summed E-state index contributed by atoms with van der Waals surface area (Å²) >= 11 is 0. The summed E-state index contributed by atoms with van der Waals surface area (Å²) in [5.41, 5.74) is 1.86. The highest BCUT2D eigenvalue weighted by Crippen LogP contribution is 2.31. The lowest BCUT2D eigenvalue weighted by Gasteiger charge is -2.13. The molecule has 140 valence electrons. The van der Waals surface area contributed by atoms with Crippen LogP contribution in [0.5, 0.6) is 17.2 Å². The number of nitrogens with zero attached hydrogens (tertiary/aromatic N) is 2. The quantitative estimate of drug-likeness (QED) is 0.627. The minimum atomic E-state index is 0.526. The van der Waals surface area contributed by atoms with Gasteiger partial charge in [-0.1, -0.05) is 12.1 Å². The van der Waals surface area contributed by atoms with Gasteiger partial charge in [-0.3, -0.25) is 0 Å². The first kappa shape index (κ1) is 18.3. The summed E-state index contributed by atoms with van der Waals surface area (Å²) < 4.78 is 15.8. The maximum atomic E-state index is 5.38. The van der Waals surface area contributed by atoms with Gasteiger partial charge in [0.1, 0.15) is 23.1 Å². The van der Waals surface area contributed by atoms with Gasteiger partial charge in [0.15, 0.2) is 0 Å². The van der Waals surface area contributed by atoms with Crippen LogP contribution in [0, 0.1) is 0 Å². The highest BCUT2D eigenvalue weighted by molar-refractivity contribution is 5.66. The Labute approximate surface area is 158 Å². The van der Waals surface area contributed by atoms with Gasteiger partial charge in [-0.25, -0.2) is 4.98 Å². The molecule has 3 aromatic rings. The van der Waals surface area contributed by atoms with Crippen molar-refractivity contribution in [1.29, 1.82) is 0 Å². The van der Waals surface area contributed by atoms with Gasteiger partial charge in [0.25, 0.3) is 0 Å². The second-order valence-corrected chi connectivity index (χ2v) is 5.66. The third kappa shape index (κ3) is 4.78. The Morgan fingerprint density at radius 2 is 1.59 bits per heavy atom. The van der Waals surface area contributed by atoms with E-state index in [1.807, 2.05) is 42.5 Å². The van der Waals surface area contributed by atoms with E-state index in [9.17, 15) is 0 Å². The number of hydrogen-bond donors (Lipinski definition) is 2. The van der Waals surface area contributed by atoms with Gasteiger partial charge in [-0.05, 0) is 35.9 Å². The SMILES string of the molecule is COc1ccc(CNc2nccc(Nc3cc(OC)ccc3OC)n2)cc1. The first-order chi connectivity index (χ1) is 13.2. The number of rotatable bonds is 8. The van der Waals surface area contributed by atoms with Gasteiger partial charge < -0.3 is 24.8 Å². The van der Waals surface area contributed by atoms with Gasteiger partial charge in [0.2, 0.25) is 5.95 Å². The molecule has 0 aliphatic rings. The molecule has 0 aliphatic heterocycles. The van der Waals surface area contributed by atoms with Crippen LogP contribution in [-0.4, -0.2) is 31.3 Å². The smallest absolute Gasteiger partial charge is 0.224 e. The van der Waals surface area contributed by atoms with Crippen LogP contribution in [0.15, 0.2) is 54.7 Å². The van der Waals surface area contributed by atoms with Crippen LogP contribution in [0.25, 0.3) is 0 Å². The standard InChI is InChI=1S/C20H22N4O3/c1-25-15-6-4-14(5-7-15)13-22-20-21-11-10-19(24-20)23-17-12-16(26-2)8-9-18(17)27-3/h4-12H,13H2,1-3H3,(H2,21,22,23,24). The molecule has 1 heterocycles. The minimum absolute atomic E-state index is 0.526. The molecule has 0 atom stereocenters. The fourth-order valence-corrected chi connectivity index (χ4v) is 2.49. The number of aromatic nitrogens is 2. The van der Waals surface area contributed by atoms with E-state index >= 15 is 0 Å². The minimum Gasteiger partial charge on any atom is -0.497 e. The van der Waals surface area contributed by atoms with Crippen molar-refractivity contribution < 1.29 is 14.2 Å². The molecule has 7 heteroatoms. The third-order valence-corrected chi connectivity index (χ3v) is 3.93. The predicted molar refractivity (Wildman–Crippen MR) is 105 cm³/mol. The van der Waals surface area contributed by atoms with E-state index in [1.165, 1.54) is 0 Å². The van der Waals surface area contributed by atoms with Crippen molar-refractivity contribution in [3.8, 4) is 17.2 Å². The van der Waals surface area contributed by atoms with Gasteiger partial charge >= 0.3 is 0 Å². The van der Waals surface area contributed by atoms with Gasteiger partial charge in [0, 0.05) is 18.8 Å². The van der Waals surface area contributed by atoms with E-state index in [0.717, 1.165) is 22.7 Å². The highest BCUT2D eigenvalue weighted by atomic mass is 16.5. The molecule has 27 heavy (non-hydrogen) atoms. The van der Waals surface area contributed by atoms with Crippen molar-refractivity contribution in [2.45, 2.75) is 6.54 Å². The van der Waals surface area contributed by atoms with Crippen LogP contribution in [0.3, 0.4) is 0 Å². The summed E-state index contributed by atoms with van der Waals surface area (Å²) in [6.07, 6.45) is 1.69. The Balaban J connectivity index is 1.70. The molecule has 0 unspecified atom stereocenters. The zero-order valence-electron chi connectivity index (χ0n) is 15.5. The van der Waals surface area contributed by atoms with Crippen molar-refractivity contribution in [2.75, 3.05) is 32.0 Å². The molecule has 0 saturated carbocycles. The topological polar surface area (TPSA) is 77.5 Å². The summed E-state index contributed by atoms with van der Waals surface area (Å²) in [6, 6.07) is 15.2. The second-order valence-electron chi connectivity index (χ2n) is 5.66. The van der Waals surface area contributed by atoms with E-state index in [2.05, 4.69) is 20.6 Å². The molecule has 2 aromatic carbocycles. The molecule has 0 bridgehead atoms. The van der Waals surface area contributed by atoms with Crippen LogP contribution in [0.1, 0.15) is 5.56 Å². The predicted octanol–water partition coefficient (Wildman–Crippen LogP) is 3.86. The van der Waals surface area contributed by atoms with Crippen LogP contribution in [0.2, 0.25) is 0 Å². The maximum Gasteiger partial charge on any atom is 0.224 e. The average Bonchev–Trinajstić information content (AvgIpc) is 2.73. The zero-order chi connectivity index (χ0) is 19.1. The number of ether oxygens (including phenoxy) is 3. The molecule has 3 rings (SSSR count). The monoisotopic (exact) mass is 366 g/mol. The van der Waals surface area contributed by atoms with Crippen molar-refractivity contribution in [2.24, 2.45) is 0 Å². The molecule has 2 N–H and O–H groups in total. The molecular formula is C20H22N4O3. The molecule has 1 aromatic heterocycles. The summed E-state index contributed by atoms with van der Waals surface area (Å²) in [7, 11) is 4.89. The third-order valence-electron chi connectivity index (χ3n) is 3.93. The Morgan fingerprint density at radius 3 is 2.30 bits per heavy atom.